The topological polar surface area (TPSA) is 51.2 Å². The van der Waals surface area contributed by atoms with Gasteiger partial charge in [-0.1, -0.05) is 28.7 Å². The number of fused-ring (bicyclic) bond motifs is 1. The van der Waals surface area contributed by atoms with Crippen LogP contribution in [0, 0.1) is 0 Å². The van der Waals surface area contributed by atoms with Crippen LogP contribution in [0.5, 0.6) is 5.75 Å². The van der Waals surface area contributed by atoms with Crippen molar-refractivity contribution in [2.75, 3.05) is 11.9 Å². The molecule has 0 unspecified atom stereocenters. The van der Waals surface area contributed by atoms with E-state index in [1.807, 2.05) is 28.3 Å². The van der Waals surface area contributed by atoms with Crippen molar-refractivity contribution in [1.29, 1.82) is 0 Å². The van der Waals surface area contributed by atoms with Gasteiger partial charge in [0.25, 0.3) is 0 Å². The number of nitrogens with zero attached hydrogens (tertiary/aromatic N) is 1. The largest absolute Gasteiger partial charge is 0.427 e. The Hall–Kier alpha value is -1.93. The van der Waals surface area contributed by atoms with Crippen LogP contribution in [-0.4, -0.2) is 17.5 Å². The number of benzene rings is 2. The number of carbonyl (C=O) groups excluding carboxylic acids is 1. The third-order valence-corrected chi connectivity index (χ3v) is 4.84. The van der Waals surface area contributed by atoms with Crippen LogP contribution in [0.1, 0.15) is 6.92 Å². The summed E-state index contributed by atoms with van der Waals surface area (Å²) in [6.45, 7) is 2.20. The summed E-state index contributed by atoms with van der Waals surface area (Å²) in [5, 5.41) is 4.27. The lowest BCUT2D eigenvalue weighted by molar-refractivity contribution is -0.131. The predicted molar refractivity (Wildman–Crippen MR) is 108 cm³/mol. The molecule has 0 spiro atoms. The Kier molecular flexibility index (Phi) is 5.47. The molecule has 0 saturated carbocycles. The molecule has 0 saturated heterocycles. The maximum Gasteiger partial charge on any atom is 0.308 e. The zero-order valence-electron chi connectivity index (χ0n) is 13.0. The summed E-state index contributed by atoms with van der Waals surface area (Å²) in [5.41, 5.74) is 3.05. The molecule has 6 heteroatoms. The fraction of sp³-hybridized carbons (Fsp3) is 0.111. The second kappa shape index (κ2) is 7.76. The van der Waals surface area contributed by atoms with Gasteiger partial charge in [0.2, 0.25) is 0 Å². The highest BCUT2D eigenvalue weighted by atomic mass is 127. The molecule has 0 aliphatic carbocycles. The van der Waals surface area contributed by atoms with Gasteiger partial charge in [-0.05, 0) is 40.5 Å². The molecule has 1 N–H and O–H groups in total. The number of rotatable bonds is 5. The number of thiazole rings is 1. The Morgan fingerprint density at radius 3 is 2.79 bits per heavy atom. The smallest absolute Gasteiger partial charge is 0.308 e. The first-order valence-corrected chi connectivity index (χ1v) is 9.40. The highest BCUT2D eigenvalue weighted by molar-refractivity contribution is 14.1. The second-order valence-corrected chi connectivity index (χ2v) is 6.81. The second-order valence-electron chi connectivity index (χ2n) is 5.06. The molecule has 24 heavy (non-hydrogen) atoms. The Morgan fingerprint density at radius 1 is 1.29 bits per heavy atom. The molecule has 122 valence electrons. The minimum absolute atomic E-state index is 0.320. The summed E-state index contributed by atoms with van der Waals surface area (Å²) >= 11 is 3.79. The highest BCUT2D eigenvalue weighted by Crippen LogP contribution is 2.32. The standard InChI is InChI=1S/C18H15IN2O2S/c1-12(22)23-15-7-8-16-17(11-15)24-18(21-16)13-3-5-14(6-4-13)20-10-2-9-19/h2-9,11,20H,10H2,1H3/b9-2+. The molecular formula is C18H15IN2O2S. The molecule has 0 radical (unpaired) electrons. The molecule has 3 aromatic rings. The van der Waals surface area contributed by atoms with Gasteiger partial charge in [0.15, 0.2) is 0 Å². The van der Waals surface area contributed by atoms with E-state index >= 15 is 0 Å². The van der Waals surface area contributed by atoms with Crippen molar-refractivity contribution in [2.45, 2.75) is 6.92 Å². The van der Waals surface area contributed by atoms with Crippen molar-refractivity contribution in [1.82, 2.24) is 4.98 Å². The molecular weight excluding hydrogens is 435 g/mol. The van der Waals surface area contributed by atoms with Crippen molar-refractivity contribution in [2.24, 2.45) is 0 Å². The fourth-order valence-corrected chi connectivity index (χ4v) is 3.46. The van der Waals surface area contributed by atoms with E-state index in [1.54, 1.807) is 17.4 Å². The van der Waals surface area contributed by atoms with Crippen LogP contribution in [0.2, 0.25) is 0 Å². The van der Waals surface area contributed by atoms with Crippen molar-refractivity contribution in [3.05, 3.63) is 52.6 Å². The number of halogens is 1. The summed E-state index contributed by atoms with van der Waals surface area (Å²) in [7, 11) is 0. The van der Waals surface area contributed by atoms with E-state index in [-0.39, 0.29) is 5.97 Å². The quantitative estimate of drug-likeness (QED) is 0.328. The Morgan fingerprint density at radius 2 is 2.08 bits per heavy atom. The first-order chi connectivity index (χ1) is 11.7. The number of hydrogen-bond acceptors (Lipinski definition) is 5. The van der Waals surface area contributed by atoms with E-state index in [0.29, 0.717) is 5.75 Å². The predicted octanol–water partition coefficient (Wildman–Crippen LogP) is 5.25. The van der Waals surface area contributed by atoms with Gasteiger partial charge < -0.3 is 10.1 Å². The maximum atomic E-state index is 11.1. The third kappa shape index (κ3) is 4.12. The number of carbonyl (C=O) groups is 1. The van der Waals surface area contributed by atoms with Crippen LogP contribution in [0.3, 0.4) is 0 Å². The van der Waals surface area contributed by atoms with Crippen LogP contribution in [-0.2, 0) is 4.79 Å². The Labute approximate surface area is 157 Å². The zero-order valence-corrected chi connectivity index (χ0v) is 15.9. The van der Waals surface area contributed by atoms with E-state index in [1.165, 1.54) is 6.92 Å². The molecule has 0 aliphatic rings. The number of nitrogens with one attached hydrogen (secondary N) is 1. The van der Waals surface area contributed by atoms with Gasteiger partial charge in [0, 0.05) is 30.8 Å². The van der Waals surface area contributed by atoms with Crippen molar-refractivity contribution in [3.8, 4) is 16.3 Å². The average Bonchev–Trinajstić information content (AvgIpc) is 2.98. The van der Waals surface area contributed by atoms with Crippen LogP contribution < -0.4 is 10.1 Å². The first kappa shape index (κ1) is 16.9. The molecule has 2 aromatic carbocycles. The first-order valence-electron chi connectivity index (χ1n) is 7.34. The van der Waals surface area contributed by atoms with E-state index in [0.717, 1.165) is 33.0 Å². The zero-order chi connectivity index (χ0) is 16.9. The van der Waals surface area contributed by atoms with Crippen LogP contribution in [0.4, 0.5) is 5.69 Å². The van der Waals surface area contributed by atoms with Gasteiger partial charge in [-0.15, -0.1) is 11.3 Å². The molecule has 0 aliphatic heterocycles. The van der Waals surface area contributed by atoms with Crippen molar-refractivity contribution in [3.63, 3.8) is 0 Å². The van der Waals surface area contributed by atoms with E-state index in [9.17, 15) is 4.79 Å². The summed E-state index contributed by atoms with van der Waals surface area (Å²) in [4.78, 5) is 15.7. The number of hydrogen-bond donors (Lipinski definition) is 1. The lowest BCUT2D eigenvalue weighted by Gasteiger charge is -2.03. The lowest BCUT2D eigenvalue weighted by atomic mass is 10.2. The Balaban J connectivity index is 1.82. The summed E-state index contributed by atoms with van der Waals surface area (Å²) in [5.74, 6) is 0.229. The van der Waals surface area contributed by atoms with Gasteiger partial charge in [0.05, 0.1) is 10.2 Å². The van der Waals surface area contributed by atoms with Crippen LogP contribution >= 0.6 is 33.9 Å². The summed E-state index contributed by atoms with van der Waals surface area (Å²) < 4.78 is 8.11. The van der Waals surface area contributed by atoms with Gasteiger partial charge in [0.1, 0.15) is 10.8 Å². The van der Waals surface area contributed by atoms with E-state index in [4.69, 9.17) is 4.74 Å². The van der Waals surface area contributed by atoms with Crippen LogP contribution in [0.25, 0.3) is 20.8 Å². The number of anilines is 1. The monoisotopic (exact) mass is 450 g/mol. The minimum Gasteiger partial charge on any atom is -0.427 e. The molecule has 1 aromatic heterocycles. The van der Waals surface area contributed by atoms with Gasteiger partial charge >= 0.3 is 5.97 Å². The Bertz CT molecular complexity index is 888. The maximum absolute atomic E-state index is 11.1. The van der Waals surface area contributed by atoms with Gasteiger partial charge in [-0.25, -0.2) is 4.98 Å². The molecule has 3 rings (SSSR count). The third-order valence-electron chi connectivity index (χ3n) is 3.27. The number of aromatic nitrogens is 1. The van der Waals surface area contributed by atoms with E-state index < -0.39 is 0 Å². The van der Waals surface area contributed by atoms with Crippen molar-refractivity contribution < 1.29 is 9.53 Å². The minimum atomic E-state index is -0.320. The lowest BCUT2D eigenvalue weighted by Crippen LogP contribution is -2.00. The summed E-state index contributed by atoms with van der Waals surface area (Å²) in [6, 6.07) is 13.7. The summed E-state index contributed by atoms with van der Waals surface area (Å²) in [6.07, 6.45) is 2.06. The highest BCUT2D eigenvalue weighted by Gasteiger charge is 2.08. The molecule has 4 nitrogen and oxygen atoms in total. The number of ether oxygens (including phenoxy) is 1. The number of esters is 1. The fourth-order valence-electron chi connectivity index (χ4n) is 2.21. The van der Waals surface area contributed by atoms with Crippen molar-refractivity contribution >= 4 is 55.8 Å². The van der Waals surface area contributed by atoms with E-state index in [2.05, 4.69) is 51.1 Å². The SMILES string of the molecule is CC(=O)Oc1ccc2nc(-c3ccc(NC/C=C/I)cc3)sc2c1. The molecule has 0 fully saturated rings. The normalized spacial score (nSPS) is 11.1. The average molecular weight is 450 g/mol. The van der Waals surface area contributed by atoms with Gasteiger partial charge in [-0.2, -0.15) is 0 Å². The molecule has 0 amide bonds. The van der Waals surface area contributed by atoms with Crippen LogP contribution in [0.15, 0.2) is 52.6 Å². The van der Waals surface area contributed by atoms with Gasteiger partial charge in [-0.3, -0.25) is 4.79 Å². The molecule has 0 bridgehead atoms. The molecule has 0 atom stereocenters. The molecule has 1 heterocycles.